The highest BCUT2D eigenvalue weighted by Gasteiger charge is 2.10. The number of nitrogens with one attached hydrogen (secondary N) is 1. The molecule has 4 nitrogen and oxygen atoms in total. The molecule has 128 valence electrons. The number of aryl methyl sites for hydroxylation is 1. The molecule has 1 N–H and O–H groups in total. The summed E-state index contributed by atoms with van der Waals surface area (Å²) in [6.45, 7) is 0. The summed E-state index contributed by atoms with van der Waals surface area (Å²) in [5, 5.41) is 4.24. The molecular weight excluding hydrogens is 383 g/mol. The van der Waals surface area contributed by atoms with E-state index in [1.54, 1.807) is 36.5 Å². The van der Waals surface area contributed by atoms with Crippen molar-refractivity contribution >= 4 is 46.4 Å². The van der Waals surface area contributed by atoms with Gasteiger partial charge in [-0.25, -0.2) is 4.98 Å². The first-order valence-electron chi connectivity index (χ1n) is 7.47. The maximum atomic E-state index is 12.0. The monoisotopic (exact) mass is 394 g/mol. The van der Waals surface area contributed by atoms with Crippen molar-refractivity contribution < 1.29 is 9.21 Å². The minimum atomic E-state index is -0.162. The van der Waals surface area contributed by atoms with E-state index in [2.05, 4.69) is 10.3 Å². The summed E-state index contributed by atoms with van der Waals surface area (Å²) in [5.74, 6) is 0.968. The number of rotatable bonds is 5. The van der Waals surface area contributed by atoms with Gasteiger partial charge in [-0.2, -0.15) is 0 Å². The maximum absolute atomic E-state index is 12.0. The quantitative estimate of drug-likeness (QED) is 0.587. The Morgan fingerprint density at radius 3 is 2.52 bits per heavy atom. The van der Waals surface area contributed by atoms with Crippen molar-refractivity contribution in [2.75, 3.05) is 5.32 Å². The summed E-state index contributed by atoms with van der Waals surface area (Å²) in [5.41, 5.74) is 1.47. The molecule has 0 aliphatic heterocycles. The van der Waals surface area contributed by atoms with Gasteiger partial charge in [0.25, 0.3) is 0 Å². The summed E-state index contributed by atoms with van der Waals surface area (Å²) in [6.07, 6.45) is 2.26. The molecule has 7 heteroatoms. The van der Waals surface area contributed by atoms with Crippen LogP contribution in [0.5, 0.6) is 0 Å². The van der Waals surface area contributed by atoms with Crippen LogP contribution in [0.2, 0.25) is 15.1 Å². The normalized spacial score (nSPS) is 10.7. The van der Waals surface area contributed by atoms with E-state index < -0.39 is 0 Å². The fraction of sp³-hybridized carbons (Fsp3) is 0.111. The topological polar surface area (TPSA) is 55.1 Å². The molecule has 0 bridgehead atoms. The van der Waals surface area contributed by atoms with E-state index in [9.17, 15) is 4.79 Å². The highest BCUT2D eigenvalue weighted by molar-refractivity contribution is 6.42. The maximum Gasteiger partial charge on any atom is 0.224 e. The van der Waals surface area contributed by atoms with Gasteiger partial charge in [0.05, 0.1) is 16.2 Å². The van der Waals surface area contributed by atoms with Gasteiger partial charge in [-0.05, 0) is 42.5 Å². The Kier molecular flexibility index (Phi) is 5.63. The summed E-state index contributed by atoms with van der Waals surface area (Å²) < 4.78 is 5.67. The van der Waals surface area contributed by atoms with E-state index in [1.165, 1.54) is 0 Å². The van der Waals surface area contributed by atoms with Crippen LogP contribution in [0.15, 0.2) is 53.1 Å². The molecule has 0 spiro atoms. The van der Waals surface area contributed by atoms with Crippen LogP contribution in [0, 0.1) is 0 Å². The molecule has 0 unspecified atom stereocenters. The summed E-state index contributed by atoms with van der Waals surface area (Å²) in [7, 11) is 0. The van der Waals surface area contributed by atoms with Gasteiger partial charge in [-0.1, -0.05) is 34.8 Å². The first-order chi connectivity index (χ1) is 12.0. The molecule has 0 atom stereocenters. The van der Waals surface area contributed by atoms with Crippen LogP contribution in [-0.4, -0.2) is 10.9 Å². The molecule has 25 heavy (non-hydrogen) atoms. The molecule has 1 aromatic heterocycles. The van der Waals surface area contributed by atoms with Gasteiger partial charge in [0.15, 0.2) is 11.7 Å². The van der Waals surface area contributed by atoms with Crippen molar-refractivity contribution in [2.45, 2.75) is 12.8 Å². The van der Waals surface area contributed by atoms with E-state index in [4.69, 9.17) is 39.2 Å². The molecule has 0 fully saturated rings. The largest absolute Gasteiger partial charge is 0.441 e. The zero-order chi connectivity index (χ0) is 17.8. The van der Waals surface area contributed by atoms with Gasteiger partial charge in [0, 0.05) is 29.1 Å². The third kappa shape index (κ3) is 4.75. The van der Waals surface area contributed by atoms with E-state index in [0.717, 1.165) is 5.56 Å². The minimum Gasteiger partial charge on any atom is -0.441 e. The Balaban J connectivity index is 1.57. The molecule has 0 aliphatic rings. The SMILES string of the molecule is O=C(CCc1ncc(-c2ccc(Cl)cc2)o1)Nc1ccc(Cl)c(Cl)c1. The molecule has 2 aromatic carbocycles. The fourth-order valence-corrected chi connectivity index (χ4v) is 2.62. The number of nitrogens with zero attached hydrogens (tertiary/aromatic N) is 1. The molecule has 0 aliphatic carbocycles. The summed E-state index contributed by atoms with van der Waals surface area (Å²) in [4.78, 5) is 16.2. The van der Waals surface area contributed by atoms with Gasteiger partial charge >= 0.3 is 0 Å². The van der Waals surface area contributed by atoms with E-state index in [0.29, 0.717) is 38.8 Å². The number of benzene rings is 2. The lowest BCUT2D eigenvalue weighted by Gasteiger charge is -2.05. The molecular formula is C18H13Cl3N2O2. The van der Waals surface area contributed by atoms with Crippen LogP contribution in [0.25, 0.3) is 11.3 Å². The second kappa shape index (κ2) is 7.91. The Morgan fingerprint density at radius 2 is 1.80 bits per heavy atom. The zero-order valence-electron chi connectivity index (χ0n) is 12.9. The van der Waals surface area contributed by atoms with Crippen molar-refractivity contribution in [3.8, 4) is 11.3 Å². The lowest BCUT2D eigenvalue weighted by Crippen LogP contribution is -2.12. The second-order valence-electron chi connectivity index (χ2n) is 5.30. The summed E-state index contributed by atoms with van der Waals surface area (Å²) >= 11 is 17.6. The van der Waals surface area contributed by atoms with Crippen LogP contribution >= 0.6 is 34.8 Å². The second-order valence-corrected chi connectivity index (χ2v) is 6.55. The number of amides is 1. The number of hydrogen-bond acceptors (Lipinski definition) is 3. The lowest BCUT2D eigenvalue weighted by atomic mass is 10.2. The van der Waals surface area contributed by atoms with Gasteiger partial charge < -0.3 is 9.73 Å². The Bertz CT molecular complexity index is 892. The predicted octanol–water partition coefficient (Wildman–Crippen LogP) is 5.87. The molecule has 0 radical (unpaired) electrons. The van der Waals surface area contributed by atoms with Crippen molar-refractivity contribution in [1.29, 1.82) is 0 Å². The molecule has 1 heterocycles. The number of carbonyl (C=O) groups excluding carboxylic acids is 1. The van der Waals surface area contributed by atoms with Crippen LogP contribution < -0.4 is 5.32 Å². The van der Waals surface area contributed by atoms with E-state index in [-0.39, 0.29) is 12.3 Å². The highest BCUT2D eigenvalue weighted by atomic mass is 35.5. The van der Waals surface area contributed by atoms with Crippen LogP contribution in [-0.2, 0) is 11.2 Å². The number of oxazole rings is 1. The van der Waals surface area contributed by atoms with Gasteiger partial charge in [0.1, 0.15) is 0 Å². The first-order valence-corrected chi connectivity index (χ1v) is 8.60. The highest BCUT2D eigenvalue weighted by Crippen LogP contribution is 2.25. The molecule has 0 saturated carbocycles. The van der Waals surface area contributed by atoms with E-state index >= 15 is 0 Å². The van der Waals surface area contributed by atoms with Crippen LogP contribution in [0.4, 0.5) is 5.69 Å². The Hall–Kier alpha value is -2.01. The Morgan fingerprint density at radius 1 is 1.04 bits per heavy atom. The van der Waals surface area contributed by atoms with E-state index in [1.807, 2.05) is 12.1 Å². The molecule has 3 aromatic rings. The number of aromatic nitrogens is 1. The minimum absolute atomic E-state index is 0.162. The molecule has 0 saturated heterocycles. The Labute approximate surface area is 159 Å². The average molecular weight is 396 g/mol. The average Bonchev–Trinajstić information content (AvgIpc) is 3.06. The number of halogens is 3. The molecule has 3 rings (SSSR count). The molecule has 1 amide bonds. The lowest BCUT2D eigenvalue weighted by molar-refractivity contribution is -0.116. The van der Waals surface area contributed by atoms with Gasteiger partial charge in [0.2, 0.25) is 5.91 Å². The third-order valence-corrected chi connectivity index (χ3v) is 4.44. The van der Waals surface area contributed by atoms with Crippen molar-refractivity contribution in [3.05, 3.63) is 69.6 Å². The number of anilines is 1. The standard InChI is InChI=1S/C18H13Cl3N2O2/c19-12-3-1-11(2-4-12)16-10-22-18(25-16)8-7-17(24)23-13-5-6-14(20)15(21)9-13/h1-6,9-10H,7-8H2,(H,23,24). The first kappa shape index (κ1) is 17.8. The van der Waals surface area contributed by atoms with Crippen molar-refractivity contribution in [3.63, 3.8) is 0 Å². The fourth-order valence-electron chi connectivity index (χ4n) is 2.19. The van der Waals surface area contributed by atoms with Crippen molar-refractivity contribution in [2.24, 2.45) is 0 Å². The van der Waals surface area contributed by atoms with Gasteiger partial charge in [-0.15, -0.1) is 0 Å². The van der Waals surface area contributed by atoms with Gasteiger partial charge in [-0.3, -0.25) is 4.79 Å². The van der Waals surface area contributed by atoms with Crippen LogP contribution in [0.3, 0.4) is 0 Å². The third-order valence-electron chi connectivity index (χ3n) is 3.45. The zero-order valence-corrected chi connectivity index (χ0v) is 15.2. The van der Waals surface area contributed by atoms with Crippen molar-refractivity contribution in [1.82, 2.24) is 4.98 Å². The smallest absolute Gasteiger partial charge is 0.224 e. The summed E-state index contributed by atoms with van der Waals surface area (Å²) in [6, 6.07) is 12.2. The number of hydrogen-bond donors (Lipinski definition) is 1. The predicted molar refractivity (Wildman–Crippen MR) is 100 cm³/mol. The van der Waals surface area contributed by atoms with Crippen LogP contribution in [0.1, 0.15) is 12.3 Å². The number of carbonyl (C=O) groups is 1.